The minimum Gasteiger partial charge on any atom is -0.504 e. The van der Waals surface area contributed by atoms with E-state index in [1.807, 2.05) is 11.8 Å². The molecule has 11 heteroatoms. The summed E-state index contributed by atoms with van der Waals surface area (Å²) in [6.07, 6.45) is 2.99. The third-order valence-electron chi connectivity index (χ3n) is 4.88. The van der Waals surface area contributed by atoms with Gasteiger partial charge < -0.3 is 36.8 Å². The monoisotopic (exact) mass is 441 g/mol. The first-order valence-electron chi connectivity index (χ1n) is 9.57. The number of nitrogens with two attached hydrogens (primary N) is 1. The van der Waals surface area contributed by atoms with E-state index in [0.29, 0.717) is 10.8 Å². The zero-order valence-corrected chi connectivity index (χ0v) is 17.1. The predicted octanol–water partition coefficient (Wildman–Crippen LogP) is 0.849. The summed E-state index contributed by atoms with van der Waals surface area (Å²) in [4.78, 5) is 31.9. The molecule has 0 saturated carbocycles. The van der Waals surface area contributed by atoms with Gasteiger partial charge in [0.1, 0.15) is 6.04 Å². The second kappa shape index (κ2) is 10.9. The first-order chi connectivity index (χ1) is 14.2. The van der Waals surface area contributed by atoms with E-state index >= 15 is 0 Å². The number of amides is 2. The van der Waals surface area contributed by atoms with Crippen LogP contribution >= 0.6 is 11.8 Å². The second-order valence-electron chi connectivity index (χ2n) is 7.23. The maximum atomic E-state index is 11.1. The van der Waals surface area contributed by atoms with Gasteiger partial charge in [-0.25, -0.2) is 4.79 Å². The molecule has 1 aromatic rings. The Labute approximate surface area is 177 Å². The lowest BCUT2D eigenvalue weighted by atomic mass is 10.0. The number of unbranched alkanes of at least 4 members (excludes halogenated alkanes) is 1. The van der Waals surface area contributed by atoms with Crippen molar-refractivity contribution >= 4 is 29.7 Å². The summed E-state index contributed by atoms with van der Waals surface area (Å²) in [7, 11) is 0. The van der Waals surface area contributed by atoms with Crippen LogP contribution in [-0.2, 0) is 16.0 Å². The molecular weight excluding hydrogens is 414 g/mol. The molecule has 2 saturated heterocycles. The van der Waals surface area contributed by atoms with Crippen molar-refractivity contribution in [3.8, 4) is 11.5 Å². The largest absolute Gasteiger partial charge is 0.504 e. The Bertz CT molecular complexity index is 776. The number of urea groups is 1. The summed E-state index contributed by atoms with van der Waals surface area (Å²) >= 11 is 1.87. The lowest BCUT2D eigenvalue weighted by Gasteiger charge is -2.16. The molecule has 10 nitrogen and oxygen atoms in total. The van der Waals surface area contributed by atoms with Gasteiger partial charge in [0.15, 0.2) is 11.5 Å². The van der Waals surface area contributed by atoms with E-state index in [4.69, 9.17) is 26.2 Å². The molecule has 2 aliphatic rings. The number of carbonyl (C=O) groups excluding carboxylic acids is 1. The van der Waals surface area contributed by atoms with E-state index < -0.39 is 18.0 Å². The number of thioether (sulfide) groups is 1. The number of carboxylic acids is 2. The lowest BCUT2D eigenvalue weighted by molar-refractivity contribution is -0.139. The lowest BCUT2D eigenvalue weighted by Crippen LogP contribution is -2.36. The Balaban J connectivity index is 0.000000216. The van der Waals surface area contributed by atoms with Crippen LogP contribution in [0.2, 0.25) is 0 Å². The van der Waals surface area contributed by atoms with Crippen molar-refractivity contribution in [2.75, 3.05) is 5.75 Å². The molecule has 2 fully saturated rings. The van der Waals surface area contributed by atoms with Crippen molar-refractivity contribution < 1.29 is 34.8 Å². The summed E-state index contributed by atoms with van der Waals surface area (Å²) < 4.78 is 0. The molecule has 2 heterocycles. The maximum Gasteiger partial charge on any atom is 0.320 e. The highest BCUT2D eigenvalue weighted by atomic mass is 32.2. The van der Waals surface area contributed by atoms with Gasteiger partial charge in [-0.3, -0.25) is 9.59 Å². The molecule has 166 valence electrons. The number of aliphatic carboxylic acids is 2. The highest BCUT2D eigenvalue weighted by Gasteiger charge is 2.42. The molecule has 8 N–H and O–H groups in total. The molecule has 3 rings (SSSR count). The van der Waals surface area contributed by atoms with Gasteiger partial charge in [-0.05, 0) is 37.0 Å². The van der Waals surface area contributed by atoms with Crippen molar-refractivity contribution in [1.82, 2.24) is 10.6 Å². The molecule has 2 amide bonds. The summed E-state index contributed by atoms with van der Waals surface area (Å²) in [6.45, 7) is 0. The maximum absolute atomic E-state index is 11.1. The molecule has 0 aliphatic carbocycles. The SMILES string of the molecule is N[C@@H](Cc1ccc(O)c(O)c1)C(=O)O.O=C(O)CCCC[C@@H]1SC[C@@H]2NC(=O)N[C@@H]21. The third-order valence-corrected chi connectivity index (χ3v) is 6.39. The smallest absolute Gasteiger partial charge is 0.320 e. The van der Waals surface area contributed by atoms with E-state index in [-0.39, 0.29) is 42.5 Å². The van der Waals surface area contributed by atoms with E-state index in [1.54, 1.807) is 0 Å². The van der Waals surface area contributed by atoms with Crippen molar-refractivity contribution in [3.05, 3.63) is 23.8 Å². The van der Waals surface area contributed by atoms with Crippen LogP contribution in [-0.4, -0.2) is 67.5 Å². The highest BCUT2D eigenvalue weighted by Crippen LogP contribution is 2.33. The average molecular weight is 442 g/mol. The van der Waals surface area contributed by atoms with Gasteiger partial charge >= 0.3 is 18.0 Å². The molecule has 1 aromatic carbocycles. The molecule has 2 aliphatic heterocycles. The predicted molar refractivity (Wildman–Crippen MR) is 111 cm³/mol. The average Bonchev–Trinajstić information content (AvgIpc) is 3.21. The topological polar surface area (TPSA) is 182 Å². The molecule has 30 heavy (non-hydrogen) atoms. The van der Waals surface area contributed by atoms with Gasteiger partial charge in [-0.15, -0.1) is 0 Å². The van der Waals surface area contributed by atoms with Gasteiger partial charge in [0, 0.05) is 17.4 Å². The number of aromatic hydroxyl groups is 2. The number of nitrogens with one attached hydrogen (secondary N) is 2. The van der Waals surface area contributed by atoms with Gasteiger partial charge in [0.25, 0.3) is 0 Å². The van der Waals surface area contributed by atoms with Crippen molar-refractivity contribution in [1.29, 1.82) is 0 Å². The Hall–Kier alpha value is -2.66. The second-order valence-corrected chi connectivity index (χ2v) is 8.51. The summed E-state index contributed by atoms with van der Waals surface area (Å²) in [5, 5.41) is 41.4. The van der Waals surface area contributed by atoms with Crippen LogP contribution < -0.4 is 16.4 Å². The first-order valence-corrected chi connectivity index (χ1v) is 10.6. The zero-order valence-electron chi connectivity index (χ0n) is 16.3. The third kappa shape index (κ3) is 6.99. The van der Waals surface area contributed by atoms with Gasteiger partial charge in [0.05, 0.1) is 12.1 Å². The van der Waals surface area contributed by atoms with E-state index in [0.717, 1.165) is 25.0 Å². The fourth-order valence-electron chi connectivity index (χ4n) is 3.30. The molecule has 0 unspecified atom stereocenters. The molecule has 0 aromatic heterocycles. The van der Waals surface area contributed by atoms with Gasteiger partial charge in [0.2, 0.25) is 0 Å². The fourth-order valence-corrected chi connectivity index (χ4v) is 4.85. The molecule has 0 radical (unpaired) electrons. The number of rotatable bonds is 8. The number of carboxylic acid groups (broad SMARTS) is 2. The van der Waals surface area contributed by atoms with E-state index in [1.165, 1.54) is 18.2 Å². The van der Waals surface area contributed by atoms with Crippen LogP contribution in [0, 0.1) is 0 Å². The first kappa shape index (κ1) is 23.6. The quantitative estimate of drug-likeness (QED) is 0.175. The molecule has 4 atom stereocenters. The Morgan fingerprint density at radius 2 is 1.90 bits per heavy atom. The number of phenolic OH excluding ortho intramolecular Hbond substituents is 2. The van der Waals surface area contributed by atoms with Crippen LogP contribution in [0.3, 0.4) is 0 Å². The van der Waals surface area contributed by atoms with E-state index in [9.17, 15) is 14.4 Å². The van der Waals surface area contributed by atoms with Gasteiger partial charge in [-0.1, -0.05) is 12.5 Å². The summed E-state index contributed by atoms with van der Waals surface area (Å²) in [6, 6.07) is 3.53. The van der Waals surface area contributed by atoms with Crippen LogP contribution in [0.1, 0.15) is 31.2 Å². The van der Waals surface area contributed by atoms with Crippen molar-refractivity contribution in [2.24, 2.45) is 5.73 Å². The number of fused-ring (bicyclic) bond motifs is 1. The number of hydrogen-bond acceptors (Lipinski definition) is 7. The standard InChI is InChI=1S/C10H16N2O3S.C9H11NO4/c13-8(14)4-2-1-3-7-9-6(5-16-7)11-10(15)12-9;10-6(9(13)14)3-5-1-2-7(11)8(12)4-5/h6-7,9H,1-5H2,(H,13,14)(H2,11,12,15);1-2,4,6,11-12H,3,10H2,(H,13,14)/t6-,7-,9-;6-/m00/s1. The minimum absolute atomic E-state index is 0.0640. The minimum atomic E-state index is -1.10. The highest BCUT2D eigenvalue weighted by molar-refractivity contribution is 8.00. The molecular formula is C19H27N3O7S. The summed E-state index contributed by atoms with van der Waals surface area (Å²) in [5.41, 5.74) is 5.86. The van der Waals surface area contributed by atoms with Crippen LogP contribution in [0.15, 0.2) is 18.2 Å². The van der Waals surface area contributed by atoms with Crippen molar-refractivity contribution in [2.45, 2.75) is 55.5 Å². The van der Waals surface area contributed by atoms with Gasteiger partial charge in [-0.2, -0.15) is 11.8 Å². The van der Waals surface area contributed by atoms with Crippen molar-refractivity contribution in [3.63, 3.8) is 0 Å². The molecule has 0 spiro atoms. The van der Waals surface area contributed by atoms with Crippen LogP contribution in [0.5, 0.6) is 11.5 Å². The normalized spacial score (nSPS) is 22.8. The number of carbonyl (C=O) groups is 3. The van der Waals surface area contributed by atoms with Crippen LogP contribution in [0.25, 0.3) is 0 Å². The number of phenols is 2. The number of benzene rings is 1. The van der Waals surface area contributed by atoms with E-state index in [2.05, 4.69) is 10.6 Å². The zero-order chi connectivity index (χ0) is 22.3. The number of hydrogen-bond donors (Lipinski definition) is 7. The Kier molecular flexibility index (Phi) is 8.60. The Morgan fingerprint density at radius 3 is 2.53 bits per heavy atom. The van der Waals surface area contributed by atoms with Crippen LogP contribution in [0.4, 0.5) is 4.79 Å². The fraction of sp³-hybridized carbons (Fsp3) is 0.526. The summed E-state index contributed by atoms with van der Waals surface area (Å²) in [5.74, 6) is -1.38. The molecule has 0 bridgehead atoms. The Morgan fingerprint density at radius 1 is 1.17 bits per heavy atom.